The Morgan fingerprint density at radius 3 is 2.47 bits per heavy atom. The van der Waals surface area contributed by atoms with Gasteiger partial charge in [0, 0.05) is 6.54 Å². The Bertz CT molecular complexity index is 576. The molecule has 0 saturated carbocycles. The van der Waals surface area contributed by atoms with Crippen molar-refractivity contribution in [1.82, 2.24) is 9.55 Å². The Morgan fingerprint density at radius 2 is 1.95 bits per heavy atom. The van der Waals surface area contributed by atoms with E-state index < -0.39 is 0 Å². The van der Waals surface area contributed by atoms with E-state index >= 15 is 0 Å². The van der Waals surface area contributed by atoms with Gasteiger partial charge in [-0.2, -0.15) is 0 Å². The second kappa shape index (κ2) is 8.85. The number of carbonyl (C=O) groups excluding carboxylic acids is 1. The third-order valence-corrected chi connectivity index (χ3v) is 2.32. The van der Waals surface area contributed by atoms with Gasteiger partial charge in [0.1, 0.15) is 0 Å². The highest BCUT2D eigenvalue weighted by Crippen LogP contribution is 2.08. The van der Waals surface area contributed by atoms with Gasteiger partial charge < -0.3 is 5.73 Å². The maximum absolute atomic E-state index is 11.8. The van der Waals surface area contributed by atoms with Crippen LogP contribution in [0.4, 0.5) is 0 Å². The summed E-state index contributed by atoms with van der Waals surface area (Å²) in [6.07, 6.45) is 1.85. The first kappa shape index (κ1) is 16.8. The minimum Gasteiger partial charge on any atom is -0.372 e. The number of carbonyl (C=O) groups is 1. The predicted molar refractivity (Wildman–Crippen MR) is 78.0 cm³/mol. The SMILES string of the molecule is CC.CCn1cnc2ccc(C)cc2c1=O.NC=O. The van der Waals surface area contributed by atoms with Crippen LogP contribution in [0.15, 0.2) is 29.3 Å². The number of aromatic nitrogens is 2. The van der Waals surface area contributed by atoms with Crippen LogP contribution >= 0.6 is 0 Å². The molecule has 0 aliphatic carbocycles. The molecule has 5 heteroatoms. The number of fused-ring (bicyclic) bond motifs is 1. The second-order valence-corrected chi connectivity index (χ2v) is 3.49. The summed E-state index contributed by atoms with van der Waals surface area (Å²) in [5.74, 6) is 0. The Hall–Kier alpha value is -2.17. The van der Waals surface area contributed by atoms with Crippen LogP contribution in [-0.4, -0.2) is 16.0 Å². The summed E-state index contributed by atoms with van der Waals surface area (Å²) in [6.45, 7) is 8.57. The molecular weight excluding hydrogens is 242 g/mol. The molecule has 19 heavy (non-hydrogen) atoms. The van der Waals surface area contributed by atoms with Crippen LogP contribution in [0.3, 0.4) is 0 Å². The zero-order valence-corrected chi connectivity index (χ0v) is 11.9. The van der Waals surface area contributed by atoms with E-state index in [0.29, 0.717) is 11.9 Å². The topological polar surface area (TPSA) is 78.0 Å². The van der Waals surface area contributed by atoms with Crippen LogP contribution in [0.2, 0.25) is 0 Å². The molecule has 2 rings (SSSR count). The molecule has 0 saturated heterocycles. The Kier molecular flexibility index (Phi) is 7.84. The van der Waals surface area contributed by atoms with Crippen molar-refractivity contribution < 1.29 is 4.79 Å². The van der Waals surface area contributed by atoms with Gasteiger partial charge in [0.25, 0.3) is 5.56 Å². The molecule has 1 aromatic carbocycles. The van der Waals surface area contributed by atoms with Gasteiger partial charge in [-0.05, 0) is 26.0 Å². The average Bonchev–Trinajstić information content (AvgIpc) is 2.43. The van der Waals surface area contributed by atoms with Crippen molar-refractivity contribution in [2.24, 2.45) is 5.73 Å². The molecule has 0 bridgehead atoms. The molecule has 1 aromatic heterocycles. The maximum atomic E-state index is 11.8. The van der Waals surface area contributed by atoms with Crippen LogP contribution in [0, 0.1) is 6.92 Å². The van der Waals surface area contributed by atoms with Gasteiger partial charge in [0.15, 0.2) is 0 Å². The highest BCUT2D eigenvalue weighted by atomic mass is 16.1. The Balaban J connectivity index is 0.000000573. The highest BCUT2D eigenvalue weighted by Gasteiger charge is 2.01. The maximum Gasteiger partial charge on any atom is 0.261 e. The van der Waals surface area contributed by atoms with Crippen LogP contribution in [0.25, 0.3) is 10.9 Å². The molecule has 0 aliphatic rings. The smallest absolute Gasteiger partial charge is 0.261 e. The van der Waals surface area contributed by atoms with E-state index in [2.05, 4.69) is 10.7 Å². The van der Waals surface area contributed by atoms with Gasteiger partial charge in [0.05, 0.1) is 17.2 Å². The van der Waals surface area contributed by atoms with E-state index in [-0.39, 0.29) is 12.0 Å². The minimum atomic E-state index is 0.0428. The summed E-state index contributed by atoms with van der Waals surface area (Å²) in [6, 6.07) is 5.73. The van der Waals surface area contributed by atoms with Gasteiger partial charge in [-0.25, -0.2) is 4.98 Å². The van der Waals surface area contributed by atoms with E-state index in [1.807, 2.05) is 45.9 Å². The first-order valence-electron chi connectivity index (χ1n) is 6.25. The molecule has 5 nitrogen and oxygen atoms in total. The summed E-state index contributed by atoms with van der Waals surface area (Å²) >= 11 is 0. The average molecular weight is 263 g/mol. The number of primary amides is 1. The molecule has 1 amide bonds. The van der Waals surface area contributed by atoms with E-state index in [1.54, 1.807) is 10.9 Å². The van der Waals surface area contributed by atoms with Gasteiger partial charge in [-0.1, -0.05) is 25.5 Å². The molecule has 0 atom stereocenters. The van der Waals surface area contributed by atoms with Crippen LogP contribution in [0.1, 0.15) is 26.3 Å². The molecule has 1 heterocycles. The molecule has 0 spiro atoms. The van der Waals surface area contributed by atoms with Crippen molar-refractivity contribution in [3.8, 4) is 0 Å². The number of hydrogen-bond acceptors (Lipinski definition) is 3. The fraction of sp³-hybridized carbons (Fsp3) is 0.357. The lowest BCUT2D eigenvalue weighted by molar-refractivity contribution is -0.106. The largest absolute Gasteiger partial charge is 0.372 e. The summed E-state index contributed by atoms with van der Waals surface area (Å²) < 4.78 is 1.61. The highest BCUT2D eigenvalue weighted by molar-refractivity contribution is 5.77. The quantitative estimate of drug-likeness (QED) is 0.797. The number of benzene rings is 1. The van der Waals surface area contributed by atoms with Crippen LogP contribution in [-0.2, 0) is 11.3 Å². The first-order valence-corrected chi connectivity index (χ1v) is 6.25. The van der Waals surface area contributed by atoms with Gasteiger partial charge in [0.2, 0.25) is 6.41 Å². The third-order valence-electron chi connectivity index (χ3n) is 2.32. The summed E-state index contributed by atoms with van der Waals surface area (Å²) in [7, 11) is 0. The van der Waals surface area contributed by atoms with Gasteiger partial charge in [-0.3, -0.25) is 14.2 Å². The van der Waals surface area contributed by atoms with Crippen molar-refractivity contribution in [2.75, 3.05) is 0 Å². The molecule has 0 fully saturated rings. The Labute approximate surface area is 113 Å². The monoisotopic (exact) mass is 263 g/mol. The number of nitrogens with zero attached hydrogens (tertiary/aromatic N) is 2. The zero-order chi connectivity index (χ0) is 14.8. The van der Waals surface area contributed by atoms with Crippen molar-refractivity contribution in [2.45, 2.75) is 34.2 Å². The van der Waals surface area contributed by atoms with Gasteiger partial charge >= 0.3 is 0 Å². The van der Waals surface area contributed by atoms with Crippen molar-refractivity contribution in [1.29, 1.82) is 0 Å². The number of nitrogens with two attached hydrogens (primary N) is 1. The number of hydrogen-bond donors (Lipinski definition) is 1. The molecule has 0 unspecified atom stereocenters. The predicted octanol–water partition coefficient (Wildman–Crippen LogP) is 1.85. The Morgan fingerprint density at radius 1 is 1.37 bits per heavy atom. The fourth-order valence-electron chi connectivity index (χ4n) is 1.50. The lowest BCUT2D eigenvalue weighted by Gasteiger charge is -2.03. The van der Waals surface area contributed by atoms with E-state index in [0.717, 1.165) is 11.1 Å². The summed E-state index contributed by atoms with van der Waals surface area (Å²) in [5.41, 5.74) is 6.07. The summed E-state index contributed by atoms with van der Waals surface area (Å²) in [4.78, 5) is 24.6. The van der Waals surface area contributed by atoms with E-state index in [1.165, 1.54) is 0 Å². The van der Waals surface area contributed by atoms with Gasteiger partial charge in [-0.15, -0.1) is 0 Å². The molecule has 2 N–H and O–H groups in total. The van der Waals surface area contributed by atoms with E-state index in [4.69, 9.17) is 4.79 Å². The van der Waals surface area contributed by atoms with Crippen LogP contribution in [0.5, 0.6) is 0 Å². The number of amides is 1. The van der Waals surface area contributed by atoms with Crippen LogP contribution < -0.4 is 11.3 Å². The molecular formula is C14H21N3O2. The first-order chi connectivity index (χ1) is 9.13. The summed E-state index contributed by atoms with van der Waals surface area (Å²) in [5, 5.41) is 0.703. The standard InChI is InChI=1S/C11H12N2O.C2H6.CH3NO/c1-3-13-7-12-10-5-4-8(2)6-9(10)11(13)14;1-2;2-1-3/h4-7H,3H2,1-2H3;1-2H3;1H,(H2,2,3). The number of rotatable bonds is 1. The zero-order valence-electron chi connectivity index (χ0n) is 11.9. The van der Waals surface area contributed by atoms with Crippen molar-refractivity contribution >= 4 is 17.3 Å². The molecule has 0 radical (unpaired) electrons. The van der Waals surface area contributed by atoms with Crippen molar-refractivity contribution in [3.05, 3.63) is 40.4 Å². The molecule has 2 aromatic rings. The van der Waals surface area contributed by atoms with Crippen molar-refractivity contribution in [3.63, 3.8) is 0 Å². The lowest BCUT2D eigenvalue weighted by Crippen LogP contribution is -2.19. The molecule has 104 valence electrons. The second-order valence-electron chi connectivity index (χ2n) is 3.49. The van der Waals surface area contributed by atoms with E-state index in [9.17, 15) is 4.79 Å². The lowest BCUT2D eigenvalue weighted by atomic mass is 10.2. The minimum absolute atomic E-state index is 0.0428. The fourth-order valence-corrected chi connectivity index (χ4v) is 1.50. The molecule has 0 aliphatic heterocycles. The third kappa shape index (κ3) is 4.54. The normalized spacial score (nSPS) is 8.84. The number of aryl methyl sites for hydroxylation is 2.